The zero-order chi connectivity index (χ0) is 15.9. The van der Waals surface area contributed by atoms with E-state index in [-0.39, 0.29) is 12.6 Å². The number of halogens is 1. The van der Waals surface area contributed by atoms with Crippen molar-refractivity contribution < 1.29 is 9.90 Å². The SMILES string of the molecule is Cc1ccc(Cl)cc1NC(=O)NCCc1ccc(CO)cc1. The first-order valence-electron chi connectivity index (χ1n) is 7.08. The number of aryl methyl sites for hydroxylation is 1. The maximum atomic E-state index is 11.9. The third-order valence-corrected chi connectivity index (χ3v) is 3.59. The quantitative estimate of drug-likeness (QED) is 0.790. The molecule has 2 rings (SSSR count). The maximum Gasteiger partial charge on any atom is 0.319 e. The monoisotopic (exact) mass is 318 g/mol. The highest BCUT2D eigenvalue weighted by Crippen LogP contribution is 2.19. The molecule has 5 heteroatoms. The number of benzene rings is 2. The third kappa shape index (κ3) is 4.76. The van der Waals surface area contributed by atoms with Crippen molar-refractivity contribution in [2.45, 2.75) is 20.0 Å². The molecule has 0 aliphatic carbocycles. The fourth-order valence-electron chi connectivity index (χ4n) is 2.03. The lowest BCUT2D eigenvalue weighted by molar-refractivity contribution is 0.252. The van der Waals surface area contributed by atoms with Crippen molar-refractivity contribution in [2.24, 2.45) is 0 Å². The zero-order valence-corrected chi connectivity index (χ0v) is 13.2. The lowest BCUT2D eigenvalue weighted by atomic mass is 10.1. The number of urea groups is 1. The molecule has 0 aliphatic heterocycles. The molecule has 0 aromatic heterocycles. The molecule has 0 saturated carbocycles. The van der Waals surface area contributed by atoms with Crippen molar-refractivity contribution in [2.75, 3.05) is 11.9 Å². The molecule has 0 saturated heterocycles. The standard InChI is InChI=1S/C17H19ClN2O2/c1-12-2-7-15(18)10-16(12)20-17(22)19-9-8-13-3-5-14(11-21)6-4-13/h2-7,10,21H,8-9,11H2,1H3,(H2,19,20,22). The van der Waals surface area contributed by atoms with Crippen LogP contribution >= 0.6 is 11.6 Å². The minimum Gasteiger partial charge on any atom is -0.392 e. The Balaban J connectivity index is 1.81. The molecular formula is C17H19ClN2O2. The van der Waals surface area contributed by atoms with Gasteiger partial charge in [0.2, 0.25) is 0 Å². The minimum absolute atomic E-state index is 0.0416. The van der Waals surface area contributed by atoms with Gasteiger partial charge in [0.15, 0.2) is 0 Å². The molecule has 0 fully saturated rings. The maximum absolute atomic E-state index is 11.9. The van der Waals surface area contributed by atoms with E-state index in [1.807, 2.05) is 37.3 Å². The van der Waals surface area contributed by atoms with Gasteiger partial charge in [-0.05, 0) is 42.2 Å². The number of hydrogen-bond acceptors (Lipinski definition) is 2. The average molecular weight is 319 g/mol. The number of anilines is 1. The van der Waals surface area contributed by atoms with Gasteiger partial charge in [0.05, 0.1) is 6.61 Å². The Morgan fingerprint density at radius 2 is 1.82 bits per heavy atom. The number of aliphatic hydroxyl groups is 1. The number of amides is 2. The Labute approximate surface area is 135 Å². The predicted octanol–water partition coefficient (Wildman–Crippen LogP) is 3.50. The van der Waals surface area contributed by atoms with E-state index in [9.17, 15) is 4.79 Å². The average Bonchev–Trinajstić information content (AvgIpc) is 2.51. The van der Waals surface area contributed by atoms with E-state index in [2.05, 4.69) is 10.6 Å². The van der Waals surface area contributed by atoms with Gasteiger partial charge in [0, 0.05) is 17.3 Å². The van der Waals surface area contributed by atoms with Crippen LogP contribution in [0.15, 0.2) is 42.5 Å². The molecular weight excluding hydrogens is 300 g/mol. The smallest absolute Gasteiger partial charge is 0.319 e. The summed E-state index contributed by atoms with van der Waals surface area (Å²) in [7, 11) is 0. The molecule has 2 aromatic carbocycles. The van der Waals surface area contributed by atoms with E-state index in [4.69, 9.17) is 16.7 Å². The number of aliphatic hydroxyl groups excluding tert-OH is 1. The van der Waals surface area contributed by atoms with Crippen molar-refractivity contribution in [3.63, 3.8) is 0 Å². The molecule has 116 valence electrons. The summed E-state index contributed by atoms with van der Waals surface area (Å²) in [6, 6.07) is 12.8. The summed E-state index contributed by atoms with van der Waals surface area (Å²) in [4.78, 5) is 11.9. The van der Waals surface area contributed by atoms with Crippen molar-refractivity contribution in [1.29, 1.82) is 0 Å². The predicted molar refractivity (Wildman–Crippen MR) is 89.3 cm³/mol. The van der Waals surface area contributed by atoms with Crippen LogP contribution in [0.25, 0.3) is 0 Å². The number of carbonyl (C=O) groups excluding carboxylic acids is 1. The largest absolute Gasteiger partial charge is 0.392 e. The molecule has 0 bridgehead atoms. The van der Waals surface area contributed by atoms with Crippen molar-refractivity contribution >= 4 is 23.3 Å². The summed E-state index contributed by atoms with van der Waals surface area (Å²) in [6.07, 6.45) is 0.730. The molecule has 3 N–H and O–H groups in total. The Kier molecular flexibility index (Phi) is 5.81. The molecule has 0 heterocycles. The lowest BCUT2D eigenvalue weighted by Gasteiger charge is -2.10. The first kappa shape index (κ1) is 16.3. The van der Waals surface area contributed by atoms with Crippen molar-refractivity contribution in [1.82, 2.24) is 5.32 Å². The molecule has 2 amide bonds. The topological polar surface area (TPSA) is 61.4 Å². The van der Waals surface area contributed by atoms with Crippen LogP contribution in [0.4, 0.5) is 10.5 Å². The van der Waals surface area contributed by atoms with Crippen LogP contribution in [0.2, 0.25) is 5.02 Å². The molecule has 0 unspecified atom stereocenters. The van der Waals surface area contributed by atoms with Crippen LogP contribution in [0.3, 0.4) is 0 Å². The Hall–Kier alpha value is -2.04. The number of carbonyl (C=O) groups is 1. The first-order valence-corrected chi connectivity index (χ1v) is 7.46. The van der Waals surface area contributed by atoms with Gasteiger partial charge < -0.3 is 15.7 Å². The van der Waals surface area contributed by atoms with E-state index >= 15 is 0 Å². The van der Waals surface area contributed by atoms with E-state index in [1.54, 1.807) is 12.1 Å². The second kappa shape index (κ2) is 7.82. The molecule has 0 spiro atoms. The summed E-state index contributed by atoms with van der Waals surface area (Å²) in [6.45, 7) is 2.48. The third-order valence-electron chi connectivity index (χ3n) is 3.35. The molecule has 0 radical (unpaired) electrons. The highest BCUT2D eigenvalue weighted by atomic mass is 35.5. The van der Waals surface area contributed by atoms with E-state index in [0.29, 0.717) is 17.3 Å². The highest BCUT2D eigenvalue weighted by Gasteiger charge is 2.04. The van der Waals surface area contributed by atoms with Gasteiger partial charge in [0.25, 0.3) is 0 Å². The molecule has 22 heavy (non-hydrogen) atoms. The minimum atomic E-state index is -0.252. The summed E-state index contributed by atoms with van der Waals surface area (Å²) >= 11 is 5.92. The molecule has 0 atom stereocenters. The van der Waals surface area contributed by atoms with Crippen LogP contribution in [-0.2, 0) is 13.0 Å². The number of nitrogens with one attached hydrogen (secondary N) is 2. The van der Waals surface area contributed by atoms with Crippen LogP contribution in [-0.4, -0.2) is 17.7 Å². The first-order chi connectivity index (χ1) is 10.6. The van der Waals surface area contributed by atoms with Crippen LogP contribution in [0, 0.1) is 6.92 Å². The Morgan fingerprint density at radius 3 is 2.50 bits per heavy atom. The van der Waals surface area contributed by atoms with Gasteiger partial charge in [-0.25, -0.2) is 4.79 Å². The summed E-state index contributed by atoms with van der Waals surface area (Å²) in [5.74, 6) is 0. The fraction of sp³-hybridized carbons (Fsp3) is 0.235. The van der Waals surface area contributed by atoms with Crippen molar-refractivity contribution in [3.8, 4) is 0 Å². The number of hydrogen-bond donors (Lipinski definition) is 3. The van der Waals surface area contributed by atoms with Gasteiger partial charge in [-0.3, -0.25) is 0 Å². The van der Waals surface area contributed by atoms with Gasteiger partial charge in [0.1, 0.15) is 0 Å². The second-order valence-corrected chi connectivity index (χ2v) is 5.50. The van der Waals surface area contributed by atoms with Gasteiger partial charge >= 0.3 is 6.03 Å². The fourth-order valence-corrected chi connectivity index (χ4v) is 2.20. The lowest BCUT2D eigenvalue weighted by Crippen LogP contribution is -2.30. The summed E-state index contributed by atoms with van der Waals surface area (Å²) in [5, 5.41) is 15.2. The van der Waals surface area contributed by atoms with Crippen LogP contribution < -0.4 is 10.6 Å². The second-order valence-electron chi connectivity index (χ2n) is 5.06. The van der Waals surface area contributed by atoms with Crippen LogP contribution in [0.5, 0.6) is 0 Å². The Bertz CT molecular complexity index is 642. The van der Waals surface area contributed by atoms with E-state index in [1.165, 1.54) is 0 Å². The van der Waals surface area contributed by atoms with Gasteiger partial charge in [-0.15, -0.1) is 0 Å². The number of rotatable bonds is 5. The van der Waals surface area contributed by atoms with Crippen molar-refractivity contribution in [3.05, 3.63) is 64.2 Å². The summed E-state index contributed by atoms with van der Waals surface area (Å²) in [5.41, 5.74) is 3.65. The molecule has 4 nitrogen and oxygen atoms in total. The highest BCUT2D eigenvalue weighted by molar-refractivity contribution is 6.31. The molecule has 2 aromatic rings. The van der Waals surface area contributed by atoms with Gasteiger partial charge in [-0.1, -0.05) is 41.9 Å². The zero-order valence-electron chi connectivity index (χ0n) is 12.4. The summed E-state index contributed by atoms with van der Waals surface area (Å²) < 4.78 is 0. The van der Waals surface area contributed by atoms with E-state index < -0.39 is 0 Å². The van der Waals surface area contributed by atoms with E-state index in [0.717, 1.165) is 23.1 Å². The Morgan fingerprint density at radius 1 is 1.14 bits per heavy atom. The van der Waals surface area contributed by atoms with Crippen LogP contribution in [0.1, 0.15) is 16.7 Å². The van der Waals surface area contributed by atoms with Gasteiger partial charge in [-0.2, -0.15) is 0 Å². The molecule has 0 aliphatic rings. The normalized spacial score (nSPS) is 10.3.